The molecule has 0 aliphatic carbocycles. The summed E-state index contributed by atoms with van der Waals surface area (Å²) in [5, 5.41) is 0. The van der Waals surface area contributed by atoms with Crippen LogP contribution < -0.4 is 0 Å². The number of carbonyl (C=O) groups excluding carboxylic acids is 1. The predicted molar refractivity (Wildman–Crippen MR) is 88.8 cm³/mol. The molecule has 22 heavy (non-hydrogen) atoms. The van der Waals surface area contributed by atoms with Crippen LogP contribution in [-0.4, -0.2) is 10.5 Å². The summed E-state index contributed by atoms with van der Waals surface area (Å²) in [6.45, 7) is 1.94. The molecule has 0 saturated heterocycles. The first kappa shape index (κ1) is 15.1. The van der Waals surface area contributed by atoms with Gasteiger partial charge in [0.25, 0.3) is 0 Å². The molecule has 0 amide bonds. The van der Waals surface area contributed by atoms with E-state index in [1.54, 1.807) is 0 Å². The molecular weight excluding hydrogens is 296 g/mol. The Morgan fingerprint density at radius 2 is 1.86 bits per heavy atom. The van der Waals surface area contributed by atoms with E-state index in [2.05, 4.69) is 0 Å². The normalized spacial score (nSPS) is 26.0. The summed E-state index contributed by atoms with van der Waals surface area (Å²) in [6, 6.07) is 17.4. The molecule has 116 valence electrons. The molecule has 1 aliphatic heterocycles. The zero-order chi connectivity index (χ0) is 15.6. The van der Waals surface area contributed by atoms with Crippen LogP contribution in [0.15, 0.2) is 59.5 Å². The van der Waals surface area contributed by atoms with Crippen molar-refractivity contribution in [3.63, 3.8) is 0 Å². The van der Waals surface area contributed by atoms with Gasteiger partial charge in [-0.15, -0.1) is 0 Å². The molecule has 3 rings (SSSR count). The first-order valence-corrected chi connectivity index (χ1v) is 9.32. The number of ether oxygens (including phenoxy) is 1. The van der Waals surface area contributed by atoms with Crippen LogP contribution in [0.1, 0.15) is 36.3 Å². The Morgan fingerprint density at radius 1 is 1.18 bits per heavy atom. The van der Waals surface area contributed by atoms with Gasteiger partial charge in [0.2, 0.25) is 0 Å². The monoisotopic (exact) mass is 316 g/mol. The molecule has 2 aromatic rings. The maximum atomic E-state index is 12.0. The molecule has 1 aliphatic rings. The largest absolute Gasteiger partial charge is 0.445 e. The Bertz CT molecular complexity index is 671. The second kappa shape index (κ2) is 6.15. The molecule has 0 saturated carbocycles. The van der Waals surface area contributed by atoms with Crippen LogP contribution in [0.5, 0.6) is 0 Å². The van der Waals surface area contributed by atoms with Gasteiger partial charge >= 0.3 is 5.97 Å². The minimum absolute atomic E-state index is 0.244. The van der Waals surface area contributed by atoms with Crippen LogP contribution in [-0.2, 0) is 15.3 Å². The average molecular weight is 316 g/mol. The zero-order valence-corrected chi connectivity index (χ0v) is 13.4. The standard InChI is InChI=1S/C18H20O3S/c1-2-8-17(19)21-18-16-12-7-6-9-14(16)13-22(18,20)15-10-4-3-5-11-15/h3-7,9-12,18,20H,2,8,13H2,1H3. The number of rotatable bonds is 4. The highest BCUT2D eigenvalue weighted by atomic mass is 32.3. The molecule has 2 unspecified atom stereocenters. The van der Waals surface area contributed by atoms with Crippen molar-refractivity contribution in [3.8, 4) is 0 Å². The Hall–Kier alpha value is -1.78. The average Bonchev–Trinajstić information content (AvgIpc) is 2.82. The summed E-state index contributed by atoms with van der Waals surface area (Å²) in [6.07, 6.45) is 1.12. The second-order valence-electron chi connectivity index (χ2n) is 5.48. The van der Waals surface area contributed by atoms with Gasteiger partial charge < -0.3 is 9.29 Å². The highest BCUT2D eigenvalue weighted by molar-refractivity contribution is 8.28. The number of hydrogen-bond donors (Lipinski definition) is 1. The third kappa shape index (κ3) is 2.64. The number of hydrogen-bond acceptors (Lipinski definition) is 3. The topological polar surface area (TPSA) is 46.5 Å². The van der Waals surface area contributed by atoms with Crippen molar-refractivity contribution in [2.75, 3.05) is 0 Å². The van der Waals surface area contributed by atoms with Crippen LogP contribution in [0.4, 0.5) is 0 Å². The molecular formula is C18H20O3S. The van der Waals surface area contributed by atoms with E-state index in [0.717, 1.165) is 22.4 Å². The van der Waals surface area contributed by atoms with Crippen LogP contribution >= 0.6 is 10.3 Å². The maximum Gasteiger partial charge on any atom is 0.307 e. The second-order valence-corrected chi connectivity index (χ2v) is 8.18. The van der Waals surface area contributed by atoms with E-state index in [0.29, 0.717) is 12.2 Å². The van der Waals surface area contributed by atoms with Gasteiger partial charge in [-0.05, 0) is 24.1 Å². The van der Waals surface area contributed by atoms with Crippen LogP contribution in [0.2, 0.25) is 0 Å². The molecule has 1 heterocycles. The molecule has 2 aromatic carbocycles. The van der Waals surface area contributed by atoms with Crippen LogP contribution in [0.3, 0.4) is 0 Å². The van der Waals surface area contributed by atoms with Crippen molar-refractivity contribution >= 4 is 16.3 Å². The van der Waals surface area contributed by atoms with Gasteiger partial charge in [-0.25, -0.2) is 0 Å². The molecule has 4 heteroatoms. The molecule has 0 fully saturated rings. The van der Waals surface area contributed by atoms with Crippen molar-refractivity contribution in [1.29, 1.82) is 0 Å². The third-order valence-corrected chi connectivity index (χ3v) is 6.78. The van der Waals surface area contributed by atoms with Crippen molar-refractivity contribution in [2.45, 2.75) is 35.8 Å². The summed E-state index contributed by atoms with van der Waals surface area (Å²) < 4.78 is 17.1. The summed E-state index contributed by atoms with van der Waals surface area (Å²) in [4.78, 5) is 12.9. The minimum Gasteiger partial charge on any atom is -0.445 e. The van der Waals surface area contributed by atoms with E-state index >= 15 is 0 Å². The molecule has 0 spiro atoms. The highest BCUT2D eigenvalue weighted by Gasteiger charge is 2.44. The fourth-order valence-corrected chi connectivity index (χ4v) is 5.65. The van der Waals surface area contributed by atoms with E-state index in [-0.39, 0.29) is 5.97 Å². The quantitative estimate of drug-likeness (QED) is 0.818. The van der Waals surface area contributed by atoms with E-state index in [4.69, 9.17) is 4.74 Å². The van der Waals surface area contributed by atoms with E-state index < -0.39 is 15.7 Å². The molecule has 3 nitrogen and oxygen atoms in total. The SMILES string of the molecule is CCCC(=O)OC1c2ccccc2CS1(O)c1ccccc1. The van der Waals surface area contributed by atoms with Crippen LogP contribution in [0.25, 0.3) is 0 Å². The van der Waals surface area contributed by atoms with E-state index in [1.807, 2.05) is 61.5 Å². The Labute approximate surface area is 132 Å². The highest BCUT2D eigenvalue weighted by Crippen LogP contribution is 2.70. The van der Waals surface area contributed by atoms with E-state index in [9.17, 15) is 9.35 Å². The zero-order valence-electron chi connectivity index (χ0n) is 12.6. The van der Waals surface area contributed by atoms with E-state index in [1.165, 1.54) is 0 Å². The molecule has 0 aromatic heterocycles. The lowest BCUT2D eigenvalue weighted by Gasteiger charge is -2.35. The summed E-state index contributed by atoms with van der Waals surface area (Å²) in [7, 11) is -2.24. The maximum absolute atomic E-state index is 12.0. The van der Waals surface area contributed by atoms with Crippen molar-refractivity contribution in [2.24, 2.45) is 0 Å². The van der Waals surface area contributed by atoms with Crippen LogP contribution in [0, 0.1) is 0 Å². The summed E-state index contributed by atoms with van der Waals surface area (Å²) in [5.41, 5.74) is 1.44. The fourth-order valence-electron chi connectivity index (χ4n) is 2.81. The number of esters is 1. The number of fused-ring (bicyclic) bond motifs is 1. The van der Waals surface area contributed by atoms with Gasteiger partial charge in [-0.2, -0.15) is 0 Å². The molecule has 2 atom stereocenters. The Balaban J connectivity index is 2.01. The lowest BCUT2D eigenvalue weighted by Crippen LogP contribution is -2.14. The Morgan fingerprint density at radius 3 is 2.59 bits per heavy atom. The van der Waals surface area contributed by atoms with Gasteiger partial charge in [0.1, 0.15) is 0 Å². The summed E-state index contributed by atoms with van der Waals surface area (Å²) >= 11 is 0. The molecule has 1 N–H and O–H groups in total. The first-order valence-electron chi connectivity index (χ1n) is 7.50. The van der Waals surface area contributed by atoms with Gasteiger partial charge in [0, 0.05) is 22.6 Å². The van der Waals surface area contributed by atoms with Gasteiger partial charge in [-0.1, -0.05) is 59.7 Å². The first-order chi connectivity index (χ1) is 10.6. The lowest BCUT2D eigenvalue weighted by atomic mass is 10.1. The number of carbonyl (C=O) groups is 1. The smallest absolute Gasteiger partial charge is 0.307 e. The lowest BCUT2D eigenvalue weighted by molar-refractivity contribution is -0.145. The van der Waals surface area contributed by atoms with Gasteiger partial charge in [0.05, 0.1) is 0 Å². The third-order valence-electron chi connectivity index (χ3n) is 3.88. The van der Waals surface area contributed by atoms with Gasteiger partial charge in [0.15, 0.2) is 5.44 Å². The number of benzene rings is 2. The Kier molecular flexibility index (Phi) is 4.23. The van der Waals surface area contributed by atoms with Gasteiger partial charge in [-0.3, -0.25) is 4.79 Å². The summed E-state index contributed by atoms with van der Waals surface area (Å²) in [5.74, 6) is 0.295. The van der Waals surface area contributed by atoms with Crippen molar-refractivity contribution in [1.82, 2.24) is 0 Å². The molecule has 0 bridgehead atoms. The molecule has 0 radical (unpaired) electrons. The van der Waals surface area contributed by atoms with Crippen molar-refractivity contribution in [3.05, 3.63) is 65.7 Å². The van der Waals surface area contributed by atoms with Crippen molar-refractivity contribution < 1.29 is 14.1 Å². The minimum atomic E-state index is -2.24. The predicted octanol–water partition coefficient (Wildman–Crippen LogP) is 4.88. The fraction of sp³-hybridized carbons (Fsp3) is 0.278.